The first-order valence-corrected chi connectivity index (χ1v) is 7.41. The minimum absolute atomic E-state index is 0.0539. The lowest BCUT2D eigenvalue weighted by molar-refractivity contribution is -0.0734. The highest BCUT2D eigenvalue weighted by atomic mass is 32.1. The summed E-state index contributed by atoms with van der Waals surface area (Å²) in [5.74, 6) is 0. The smallest absolute Gasteiger partial charge is 0.0942 e. The second-order valence-electron chi connectivity index (χ2n) is 4.70. The Morgan fingerprint density at radius 2 is 2.19 bits per heavy atom. The Labute approximate surface area is 103 Å². The molecule has 1 nitrogen and oxygen atoms in total. The maximum atomic E-state index is 6.20. The molecule has 16 heavy (non-hydrogen) atoms. The number of unbranched alkanes of at least 4 members (excludes halogenated alkanes) is 1. The van der Waals surface area contributed by atoms with Crippen molar-refractivity contribution in [3.63, 3.8) is 0 Å². The third kappa shape index (κ3) is 2.18. The van der Waals surface area contributed by atoms with Crippen LogP contribution in [0.25, 0.3) is 0 Å². The summed E-state index contributed by atoms with van der Waals surface area (Å²) in [6.45, 7) is 5.44. The summed E-state index contributed by atoms with van der Waals surface area (Å²) in [6.07, 6.45) is 7.23. The second-order valence-corrected chi connectivity index (χ2v) is 5.70. The summed E-state index contributed by atoms with van der Waals surface area (Å²) in [6, 6.07) is 2.30. The van der Waals surface area contributed by atoms with E-state index >= 15 is 0 Å². The van der Waals surface area contributed by atoms with Crippen molar-refractivity contribution in [2.45, 2.75) is 58.0 Å². The highest BCUT2D eigenvalue weighted by Crippen LogP contribution is 2.42. The first-order chi connectivity index (χ1) is 7.82. The quantitative estimate of drug-likeness (QED) is 0.733. The van der Waals surface area contributed by atoms with Crippen molar-refractivity contribution in [2.24, 2.45) is 0 Å². The second kappa shape index (κ2) is 5.33. The number of hydrogen-bond donors (Lipinski definition) is 0. The molecule has 0 N–H and O–H groups in total. The van der Waals surface area contributed by atoms with Crippen LogP contribution in [0.2, 0.25) is 0 Å². The van der Waals surface area contributed by atoms with Gasteiger partial charge in [0.25, 0.3) is 0 Å². The molecule has 90 valence electrons. The summed E-state index contributed by atoms with van der Waals surface area (Å²) in [5, 5.41) is 2.23. The summed E-state index contributed by atoms with van der Waals surface area (Å²) < 4.78 is 6.20. The van der Waals surface area contributed by atoms with Crippen LogP contribution in [0, 0.1) is 0 Å². The van der Waals surface area contributed by atoms with Gasteiger partial charge in [0.2, 0.25) is 0 Å². The van der Waals surface area contributed by atoms with Crippen molar-refractivity contribution < 1.29 is 4.74 Å². The van der Waals surface area contributed by atoms with Gasteiger partial charge in [-0.3, -0.25) is 0 Å². The fourth-order valence-electron chi connectivity index (χ4n) is 2.76. The van der Waals surface area contributed by atoms with Gasteiger partial charge in [0.15, 0.2) is 0 Å². The molecule has 0 aliphatic carbocycles. The third-order valence-electron chi connectivity index (χ3n) is 3.53. The normalized spacial score (nSPS) is 24.4. The number of ether oxygens (including phenoxy) is 1. The molecule has 1 aromatic rings. The number of hydrogen-bond acceptors (Lipinski definition) is 2. The molecule has 2 heteroatoms. The molecule has 0 bridgehead atoms. The van der Waals surface area contributed by atoms with Crippen molar-refractivity contribution >= 4 is 11.3 Å². The van der Waals surface area contributed by atoms with Crippen molar-refractivity contribution in [2.75, 3.05) is 6.61 Å². The van der Waals surface area contributed by atoms with E-state index in [0.717, 1.165) is 13.0 Å². The van der Waals surface area contributed by atoms with Crippen molar-refractivity contribution in [1.82, 2.24) is 0 Å². The van der Waals surface area contributed by atoms with Gasteiger partial charge in [0.1, 0.15) is 0 Å². The van der Waals surface area contributed by atoms with E-state index in [1.807, 2.05) is 11.3 Å². The van der Waals surface area contributed by atoms with Crippen LogP contribution in [-0.2, 0) is 16.8 Å². The zero-order chi connectivity index (χ0) is 11.4. The summed E-state index contributed by atoms with van der Waals surface area (Å²) in [5.41, 5.74) is 1.55. The van der Waals surface area contributed by atoms with Gasteiger partial charge in [-0.15, -0.1) is 11.3 Å². The molecule has 1 atom stereocenters. The fourth-order valence-corrected chi connectivity index (χ4v) is 3.71. The van der Waals surface area contributed by atoms with Gasteiger partial charge in [-0.1, -0.05) is 33.1 Å². The Bertz CT molecular complexity index is 331. The Morgan fingerprint density at radius 1 is 1.31 bits per heavy atom. The van der Waals surface area contributed by atoms with E-state index in [1.165, 1.54) is 37.7 Å². The predicted octanol–water partition coefficient (Wildman–Crippen LogP) is 4.51. The van der Waals surface area contributed by atoms with E-state index in [0.29, 0.717) is 0 Å². The molecule has 2 rings (SSSR count). The van der Waals surface area contributed by atoms with Crippen LogP contribution in [0.1, 0.15) is 56.4 Å². The zero-order valence-corrected chi connectivity index (χ0v) is 11.2. The van der Waals surface area contributed by atoms with E-state index in [1.54, 1.807) is 4.88 Å². The highest BCUT2D eigenvalue weighted by Gasteiger charge is 2.36. The minimum Gasteiger partial charge on any atom is -0.370 e. The van der Waals surface area contributed by atoms with Gasteiger partial charge in [-0.25, -0.2) is 0 Å². The fraction of sp³-hybridized carbons (Fsp3) is 0.714. The lowest BCUT2D eigenvalue weighted by Gasteiger charge is -2.38. The Morgan fingerprint density at radius 3 is 2.94 bits per heavy atom. The summed E-state index contributed by atoms with van der Waals surface area (Å²) >= 11 is 1.91. The van der Waals surface area contributed by atoms with Crippen LogP contribution >= 0.6 is 11.3 Å². The van der Waals surface area contributed by atoms with Crippen molar-refractivity contribution in [3.8, 4) is 0 Å². The molecule has 0 amide bonds. The van der Waals surface area contributed by atoms with Gasteiger partial charge >= 0.3 is 0 Å². The summed E-state index contributed by atoms with van der Waals surface area (Å²) in [4.78, 5) is 1.57. The maximum absolute atomic E-state index is 6.20. The minimum atomic E-state index is 0.0539. The van der Waals surface area contributed by atoms with Crippen LogP contribution < -0.4 is 0 Å². The van der Waals surface area contributed by atoms with Gasteiger partial charge in [-0.05, 0) is 29.9 Å². The monoisotopic (exact) mass is 238 g/mol. The van der Waals surface area contributed by atoms with Crippen LogP contribution in [0.3, 0.4) is 0 Å². The van der Waals surface area contributed by atoms with Crippen LogP contribution in [0.15, 0.2) is 11.4 Å². The summed E-state index contributed by atoms with van der Waals surface area (Å²) in [7, 11) is 0. The molecule has 1 aromatic heterocycles. The highest BCUT2D eigenvalue weighted by molar-refractivity contribution is 7.10. The van der Waals surface area contributed by atoms with Crippen molar-refractivity contribution in [1.29, 1.82) is 0 Å². The van der Waals surface area contributed by atoms with Gasteiger partial charge in [0.05, 0.1) is 12.2 Å². The molecule has 1 aliphatic rings. The van der Waals surface area contributed by atoms with E-state index in [4.69, 9.17) is 4.74 Å². The average molecular weight is 238 g/mol. The molecule has 0 aromatic carbocycles. The first-order valence-electron chi connectivity index (χ1n) is 6.53. The van der Waals surface area contributed by atoms with Crippen LogP contribution in [-0.4, -0.2) is 6.61 Å². The molecule has 0 fully saturated rings. The average Bonchev–Trinajstić information content (AvgIpc) is 2.76. The number of rotatable bonds is 5. The molecule has 0 saturated heterocycles. The molecular formula is C14H22OS. The Kier molecular flexibility index (Phi) is 4.04. The number of thiophene rings is 1. The molecule has 2 heterocycles. The predicted molar refractivity (Wildman–Crippen MR) is 70.1 cm³/mol. The van der Waals surface area contributed by atoms with Crippen molar-refractivity contribution in [3.05, 3.63) is 21.9 Å². The number of fused-ring (bicyclic) bond motifs is 1. The van der Waals surface area contributed by atoms with Gasteiger partial charge < -0.3 is 4.74 Å². The molecule has 0 radical (unpaired) electrons. The lowest BCUT2D eigenvalue weighted by Crippen LogP contribution is -2.34. The van der Waals surface area contributed by atoms with Gasteiger partial charge in [-0.2, -0.15) is 0 Å². The topological polar surface area (TPSA) is 9.23 Å². The van der Waals surface area contributed by atoms with E-state index < -0.39 is 0 Å². The largest absolute Gasteiger partial charge is 0.370 e. The zero-order valence-electron chi connectivity index (χ0n) is 10.4. The third-order valence-corrected chi connectivity index (χ3v) is 4.51. The molecule has 1 unspecified atom stereocenters. The maximum Gasteiger partial charge on any atom is 0.0942 e. The molecule has 0 saturated carbocycles. The van der Waals surface area contributed by atoms with E-state index in [-0.39, 0.29) is 5.60 Å². The van der Waals surface area contributed by atoms with Gasteiger partial charge in [0, 0.05) is 11.3 Å². The van der Waals surface area contributed by atoms with Crippen LogP contribution in [0.4, 0.5) is 0 Å². The molecule has 0 spiro atoms. The van der Waals surface area contributed by atoms with E-state index in [9.17, 15) is 0 Å². The van der Waals surface area contributed by atoms with E-state index in [2.05, 4.69) is 25.3 Å². The van der Waals surface area contributed by atoms with Crippen LogP contribution in [0.5, 0.6) is 0 Å². The lowest BCUT2D eigenvalue weighted by atomic mass is 9.83. The SMILES string of the molecule is CCCCC1(CCC)OCCc2sccc21. The molecule has 1 aliphatic heterocycles. The Hall–Kier alpha value is -0.340. The molecular weight excluding hydrogens is 216 g/mol. The Balaban J connectivity index is 2.26. The first kappa shape index (κ1) is 12.1. The standard InChI is InChI=1S/C14H22OS/c1-3-5-9-14(8-4-2)12-7-11-16-13(12)6-10-15-14/h7,11H,3-6,8-10H2,1-2H3.